The second-order valence-corrected chi connectivity index (χ2v) is 7.12. The van der Waals surface area contributed by atoms with Gasteiger partial charge in [-0.1, -0.05) is 0 Å². The number of carbonyl (C=O) groups excluding carboxylic acids is 3. The summed E-state index contributed by atoms with van der Waals surface area (Å²) in [5.74, 6) is -1.29. The minimum atomic E-state index is -0.483. The molecule has 1 aromatic heterocycles. The summed E-state index contributed by atoms with van der Waals surface area (Å²) in [6.45, 7) is -0.451. The summed E-state index contributed by atoms with van der Waals surface area (Å²) in [7, 11) is 0. The van der Waals surface area contributed by atoms with E-state index in [0.717, 1.165) is 14.9 Å². The molecule has 0 saturated heterocycles. The Hall–Kier alpha value is -2.45. The molecule has 25 heavy (non-hydrogen) atoms. The van der Waals surface area contributed by atoms with E-state index in [-0.39, 0.29) is 19.0 Å². The largest absolute Gasteiger partial charge is 0.345 e. The van der Waals surface area contributed by atoms with Crippen molar-refractivity contribution >= 4 is 57.3 Å². The molecule has 7 nitrogen and oxygen atoms in total. The number of hydrogen-bond donors (Lipinski definition) is 3. The average molecular weight is 468 g/mol. The Balaban J connectivity index is 1.71. The van der Waals surface area contributed by atoms with Crippen molar-refractivity contribution < 1.29 is 14.4 Å². The molecule has 1 heterocycles. The van der Waals surface area contributed by atoms with Crippen LogP contribution in [0.5, 0.6) is 0 Å². The Labute approximate surface area is 161 Å². The quantitative estimate of drug-likeness (QED) is 0.561. The summed E-state index contributed by atoms with van der Waals surface area (Å²) < 4.78 is 1.05. The van der Waals surface area contributed by atoms with E-state index >= 15 is 0 Å². The monoisotopic (exact) mass is 468 g/mol. The molecule has 3 N–H and O–H groups in total. The zero-order valence-electron chi connectivity index (χ0n) is 12.8. The van der Waals surface area contributed by atoms with Crippen LogP contribution in [0.15, 0.2) is 36.4 Å². The van der Waals surface area contributed by atoms with Gasteiger partial charge in [-0.25, -0.2) is 0 Å². The van der Waals surface area contributed by atoms with E-state index in [1.165, 1.54) is 12.1 Å². The maximum atomic E-state index is 11.8. The lowest BCUT2D eigenvalue weighted by Gasteiger charge is -2.07. The van der Waals surface area contributed by atoms with Crippen LogP contribution in [-0.4, -0.2) is 30.8 Å². The van der Waals surface area contributed by atoms with Crippen molar-refractivity contribution in [3.63, 3.8) is 0 Å². The Morgan fingerprint density at radius 2 is 1.68 bits per heavy atom. The van der Waals surface area contributed by atoms with Crippen molar-refractivity contribution in [1.29, 1.82) is 5.26 Å². The lowest BCUT2D eigenvalue weighted by molar-refractivity contribution is -0.123. The number of halogens is 1. The summed E-state index contributed by atoms with van der Waals surface area (Å²) >= 11 is 3.20. The van der Waals surface area contributed by atoms with Gasteiger partial charge in [0.1, 0.15) is 10.9 Å². The molecule has 0 aliphatic carbocycles. The van der Waals surface area contributed by atoms with E-state index < -0.39 is 11.8 Å². The zero-order chi connectivity index (χ0) is 18.2. The molecular weight excluding hydrogens is 455 g/mol. The van der Waals surface area contributed by atoms with E-state index in [2.05, 4.69) is 38.5 Å². The van der Waals surface area contributed by atoms with Crippen LogP contribution < -0.4 is 16.0 Å². The first kappa shape index (κ1) is 18.9. The number of hydrogen-bond acceptors (Lipinski definition) is 5. The van der Waals surface area contributed by atoms with Gasteiger partial charge >= 0.3 is 0 Å². The lowest BCUT2D eigenvalue weighted by Crippen LogP contribution is -2.40. The predicted molar refractivity (Wildman–Crippen MR) is 102 cm³/mol. The summed E-state index contributed by atoms with van der Waals surface area (Å²) in [4.78, 5) is 36.0. The maximum absolute atomic E-state index is 11.8. The van der Waals surface area contributed by atoms with Crippen molar-refractivity contribution in [2.75, 3.05) is 18.4 Å². The molecule has 0 fully saturated rings. The number of carbonyl (C=O) groups is 3. The van der Waals surface area contributed by atoms with Gasteiger partial charge in [0.25, 0.3) is 5.91 Å². The van der Waals surface area contributed by atoms with Crippen LogP contribution in [-0.2, 0) is 9.59 Å². The number of anilines is 1. The minimum Gasteiger partial charge on any atom is -0.345 e. The molecule has 0 aliphatic heterocycles. The summed E-state index contributed by atoms with van der Waals surface area (Å²) in [5.41, 5.74) is 0.638. The molecule has 9 heteroatoms. The highest BCUT2D eigenvalue weighted by molar-refractivity contribution is 14.1. The number of nitriles is 1. The molecule has 0 aliphatic rings. The first-order valence-corrected chi connectivity index (χ1v) is 8.97. The number of thiophene rings is 1. The summed E-state index contributed by atoms with van der Waals surface area (Å²) in [6, 6.07) is 12.2. The van der Waals surface area contributed by atoms with Gasteiger partial charge in [-0.2, -0.15) is 5.26 Å². The number of nitrogens with zero attached hydrogens (tertiary/aromatic N) is 1. The Morgan fingerprint density at radius 1 is 1.00 bits per heavy atom. The van der Waals surface area contributed by atoms with Gasteiger partial charge in [-0.3, -0.25) is 14.4 Å². The van der Waals surface area contributed by atoms with Gasteiger partial charge in [-0.05, 0) is 59.0 Å². The van der Waals surface area contributed by atoms with E-state index in [0.29, 0.717) is 15.4 Å². The van der Waals surface area contributed by atoms with Crippen LogP contribution in [0.2, 0.25) is 0 Å². The number of rotatable bonds is 6. The van der Waals surface area contributed by atoms with Crippen LogP contribution in [0.25, 0.3) is 0 Å². The third-order valence-corrected chi connectivity index (χ3v) is 4.63. The molecule has 1 aromatic carbocycles. The van der Waals surface area contributed by atoms with E-state index in [9.17, 15) is 14.4 Å². The third kappa shape index (κ3) is 6.17. The molecule has 0 spiro atoms. The number of amides is 3. The number of benzene rings is 1. The Bertz CT molecular complexity index is 827. The Kier molecular flexibility index (Phi) is 6.91. The van der Waals surface area contributed by atoms with Crippen molar-refractivity contribution in [2.45, 2.75) is 0 Å². The molecule has 0 saturated carbocycles. The van der Waals surface area contributed by atoms with Gasteiger partial charge in [0.05, 0.1) is 18.0 Å². The van der Waals surface area contributed by atoms with Crippen LogP contribution in [0, 0.1) is 14.9 Å². The van der Waals surface area contributed by atoms with Gasteiger partial charge < -0.3 is 16.0 Å². The van der Waals surface area contributed by atoms with E-state index in [1.807, 2.05) is 18.2 Å². The SMILES string of the molecule is N#Cc1ccc(C(=O)NCC(=O)NCC(=O)Nc2ccc(I)cc2)s1. The van der Waals surface area contributed by atoms with Crippen molar-refractivity contribution in [2.24, 2.45) is 0 Å². The van der Waals surface area contributed by atoms with Crippen molar-refractivity contribution in [3.8, 4) is 6.07 Å². The van der Waals surface area contributed by atoms with Crippen LogP contribution >= 0.6 is 33.9 Å². The molecule has 128 valence electrons. The fraction of sp³-hybridized carbons (Fsp3) is 0.125. The normalized spacial score (nSPS) is 9.76. The molecule has 0 unspecified atom stereocenters. The highest BCUT2D eigenvalue weighted by atomic mass is 127. The second-order valence-electron chi connectivity index (χ2n) is 4.79. The Morgan fingerprint density at radius 3 is 2.32 bits per heavy atom. The van der Waals surface area contributed by atoms with Crippen LogP contribution in [0.1, 0.15) is 14.5 Å². The van der Waals surface area contributed by atoms with E-state index in [1.54, 1.807) is 12.1 Å². The molecule has 2 aromatic rings. The summed E-state index contributed by atoms with van der Waals surface area (Å²) in [5, 5.41) is 16.2. The van der Waals surface area contributed by atoms with Crippen molar-refractivity contribution in [1.82, 2.24) is 10.6 Å². The van der Waals surface area contributed by atoms with Gasteiger partial charge in [0.2, 0.25) is 11.8 Å². The van der Waals surface area contributed by atoms with E-state index in [4.69, 9.17) is 5.26 Å². The highest BCUT2D eigenvalue weighted by Gasteiger charge is 2.11. The minimum absolute atomic E-state index is 0.196. The topological polar surface area (TPSA) is 111 Å². The average Bonchev–Trinajstić information content (AvgIpc) is 3.09. The third-order valence-electron chi connectivity index (χ3n) is 2.92. The van der Waals surface area contributed by atoms with Gasteiger partial charge in [-0.15, -0.1) is 11.3 Å². The molecule has 0 atom stereocenters. The molecule has 2 rings (SSSR count). The smallest absolute Gasteiger partial charge is 0.261 e. The number of nitrogens with one attached hydrogen (secondary N) is 3. The zero-order valence-corrected chi connectivity index (χ0v) is 15.8. The second kappa shape index (κ2) is 9.14. The molecule has 3 amide bonds. The predicted octanol–water partition coefficient (Wildman–Crippen LogP) is 1.71. The maximum Gasteiger partial charge on any atom is 0.261 e. The highest BCUT2D eigenvalue weighted by Crippen LogP contribution is 2.14. The first-order chi connectivity index (χ1) is 12.0. The van der Waals surface area contributed by atoms with Gasteiger partial charge in [0, 0.05) is 9.26 Å². The summed E-state index contributed by atoms with van der Waals surface area (Å²) in [6.07, 6.45) is 0. The lowest BCUT2D eigenvalue weighted by atomic mass is 10.3. The van der Waals surface area contributed by atoms with Gasteiger partial charge in [0.15, 0.2) is 0 Å². The molecule has 0 bridgehead atoms. The fourth-order valence-electron chi connectivity index (χ4n) is 1.75. The van der Waals surface area contributed by atoms with Crippen molar-refractivity contribution in [3.05, 3.63) is 49.7 Å². The molecular formula is C16H13IN4O3S. The van der Waals surface area contributed by atoms with Crippen LogP contribution in [0.4, 0.5) is 5.69 Å². The fourth-order valence-corrected chi connectivity index (χ4v) is 2.83. The molecule has 0 radical (unpaired) electrons. The van der Waals surface area contributed by atoms with Crippen LogP contribution in [0.3, 0.4) is 0 Å². The first-order valence-electron chi connectivity index (χ1n) is 7.08. The standard InChI is InChI=1S/C16H13IN4O3S/c17-10-1-3-11(4-2-10)21-15(23)9-19-14(22)8-20-16(24)13-6-5-12(7-18)25-13/h1-6H,8-9H2,(H,19,22)(H,20,24)(H,21,23).